The van der Waals surface area contributed by atoms with Crippen molar-refractivity contribution in [2.45, 2.75) is 63.8 Å². The van der Waals surface area contributed by atoms with Crippen LogP contribution in [0.2, 0.25) is 0 Å². The summed E-state index contributed by atoms with van der Waals surface area (Å²) in [6, 6.07) is 5.61. The van der Waals surface area contributed by atoms with E-state index in [1.54, 1.807) is 9.13 Å². The van der Waals surface area contributed by atoms with E-state index in [0.717, 1.165) is 36.1 Å². The van der Waals surface area contributed by atoms with Crippen LogP contribution in [0.1, 0.15) is 63.0 Å². The lowest BCUT2D eigenvalue weighted by Gasteiger charge is -2.24. The van der Waals surface area contributed by atoms with Crippen LogP contribution in [-0.2, 0) is 18.3 Å². The highest BCUT2D eigenvalue weighted by molar-refractivity contribution is 5.87. The maximum absolute atomic E-state index is 13.0. The van der Waals surface area contributed by atoms with Crippen LogP contribution >= 0.6 is 0 Å². The molecule has 0 spiro atoms. The van der Waals surface area contributed by atoms with Crippen LogP contribution in [0, 0.1) is 0 Å². The van der Waals surface area contributed by atoms with E-state index >= 15 is 0 Å². The van der Waals surface area contributed by atoms with E-state index in [4.69, 9.17) is 0 Å². The van der Waals surface area contributed by atoms with Crippen molar-refractivity contribution in [1.82, 2.24) is 19.8 Å². The van der Waals surface area contributed by atoms with E-state index in [0.29, 0.717) is 12.8 Å². The van der Waals surface area contributed by atoms with Gasteiger partial charge in [0.2, 0.25) is 5.91 Å². The molecule has 0 bridgehead atoms. The third-order valence-corrected chi connectivity index (χ3v) is 5.94. The maximum Gasteiger partial charge on any atom is 0.329 e. The molecule has 0 aliphatic carbocycles. The number of rotatable bonds is 10. The Bertz CT molecular complexity index is 925. The fourth-order valence-corrected chi connectivity index (χ4v) is 4.36. The molecule has 1 amide bonds. The molecule has 2 aromatic rings. The quantitative estimate of drug-likeness (QED) is 0.603. The van der Waals surface area contributed by atoms with Gasteiger partial charge in [-0.2, -0.15) is 0 Å². The summed E-state index contributed by atoms with van der Waals surface area (Å²) in [5.74, 6) is -0.139. The summed E-state index contributed by atoms with van der Waals surface area (Å²) in [4.78, 5) is 25.5. The zero-order valence-electron chi connectivity index (χ0n) is 17.8. The van der Waals surface area contributed by atoms with Crippen molar-refractivity contribution in [2.75, 3.05) is 13.6 Å². The number of nitrogens with zero attached hydrogens (tertiary/aromatic N) is 2. The SMILES string of the molecule is C=C1CCC(n2c(=O)n(C)c3c(CCCCCCCCNC)cccc32)C(=O)N1. The highest BCUT2D eigenvalue weighted by atomic mass is 16.2. The van der Waals surface area contributed by atoms with Gasteiger partial charge in [-0.1, -0.05) is 44.4 Å². The van der Waals surface area contributed by atoms with E-state index < -0.39 is 6.04 Å². The number of carbonyl (C=O) groups is 1. The number of benzene rings is 1. The number of piperidine rings is 1. The topological polar surface area (TPSA) is 68.1 Å². The largest absolute Gasteiger partial charge is 0.329 e. The van der Waals surface area contributed by atoms with Crippen LogP contribution < -0.4 is 16.3 Å². The normalized spacial score (nSPS) is 17.1. The summed E-state index contributed by atoms with van der Waals surface area (Å²) in [7, 11) is 3.81. The first-order valence-corrected chi connectivity index (χ1v) is 10.9. The molecule has 1 atom stereocenters. The number of aryl methyl sites for hydroxylation is 2. The van der Waals surface area contributed by atoms with Crippen molar-refractivity contribution in [3.8, 4) is 0 Å². The van der Waals surface area contributed by atoms with Crippen molar-refractivity contribution < 1.29 is 4.79 Å². The molecule has 158 valence electrons. The summed E-state index contributed by atoms with van der Waals surface area (Å²) < 4.78 is 3.38. The molecular weight excluding hydrogens is 364 g/mol. The Morgan fingerprint density at radius 3 is 2.59 bits per heavy atom. The lowest BCUT2D eigenvalue weighted by molar-refractivity contribution is -0.124. The standard InChI is InChI=1S/C23H34N4O2/c1-17-14-15-20(22(28)25-17)27-19-13-10-12-18(21(19)26(3)23(27)29)11-8-6-4-5-7-9-16-24-2/h10,12-13,20,24H,1,4-9,11,14-16H2,2-3H3,(H,25,28). The summed E-state index contributed by atoms with van der Waals surface area (Å²) in [6.07, 6.45) is 9.66. The number of nitrogens with one attached hydrogen (secondary N) is 2. The van der Waals surface area contributed by atoms with Gasteiger partial charge >= 0.3 is 5.69 Å². The molecule has 6 heteroatoms. The molecule has 1 unspecified atom stereocenters. The Balaban J connectivity index is 1.72. The van der Waals surface area contributed by atoms with Gasteiger partial charge in [0.15, 0.2) is 0 Å². The van der Waals surface area contributed by atoms with Gasteiger partial charge in [-0.25, -0.2) is 4.79 Å². The van der Waals surface area contributed by atoms with Gasteiger partial charge in [-0.05, 0) is 57.3 Å². The van der Waals surface area contributed by atoms with Crippen LogP contribution in [-0.4, -0.2) is 28.6 Å². The average molecular weight is 399 g/mol. The zero-order chi connectivity index (χ0) is 20.8. The van der Waals surface area contributed by atoms with Crippen LogP contribution in [0.3, 0.4) is 0 Å². The van der Waals surface area contributed by atoms with Crippen molar-refractivity contribution >= 4 is 16.9 Å². The molecule has 1 aliphatic rings. The average Bonchev–Trinajstić information content (AvgIpc) is 2.95. The predicted octanol–water partition coefficient (Wildman–Crippen LogP) is 3.41. The molecule has 6 nitrogen and oxygen atoms in total. The molecule has 1 aliphatic heterocycles. The molecule has 2 N–H and O–H groups in total. The number of carbonyl (C=O) groups excluding carboxylic acids is 1. The number of fused-ring (bicyclic) bond motifs is 1. The van der Waals surface area contributed by atoms with Gasteiger partial charge in [-0.3, -0.25) is 13.9 Å². The smallest absolute Gasteiger partial charge is 0.329 e. The second kappa shape index (κ2) is 9.92. The first-order chi connectivity index (χ1) is 14.0. The van der Waals surface area contributed by atoms with Crippen molar-refractivity contribution in [1.29, 1.82) is 0 Å². The summed E-state index contributed by atoms with van der Waals surface area (Å²) in [5.41, 5.74) is 3.62. The second-order valence-corrected chi connectivity index (χ2v) is 8.12. The fraction of sp³-hybridized carbons (Fsp3) is 0.565. The molecule has 1 fully saturated rings. The van der Waals surface area contributed by atoms with Crippen molar-refractivity contribution in [3.63, 3.8) is 0 Å². The van der Waals surface area contributed by atoms with Crippen LogP contribution in [0.5, 0.6) is 0 Å². The van der Waals surface area contributed by atoms with Crippen LogP contribution in [0.25, 0.3) is 11.0 Å². The van der Waals surface area contributed by atoms with E-state index in [2.05, 4.69) is 23.3 Å². The molecule has 1 aromatic carbocycles. The molecule has 1 aromatic heterocycles. The molecule has 3 rings (SSSR count). The minimum absolute atomic E-state index is 0.121. The Morgan fingerprint density at radius 1 is 1.14 bits per heavy atom. The van der Waals surface area contributed by atoms with E-state index in [1.165, 1.54) is 37.7 Å². The number of allylic oxidation sites excluding steroid dienone is 1. The number of imidazole rings is 1. The lowest BCUT2D eigenvalue weighted by Crippen LogP contribution is -2.40. The predicted molar refractivity (Wildman–Crippen MR) is 118 cm³/mol. The van der Waals surface area contributed by atoms with Gasteiger partial charge in [0.05, 0.1) is 11.0 Å². The van der Waals surface area contributed by atoms with Gasteiger partial charge in [-0.15, -0.1) is 0 Å². The number of para-hydroxylation sites is 1. The Morgan fingerprint density at radius 2 is 1.86 bits per heavy atom. The van der Waals surface area contributed by atoms with Gasteiger partial charge < -0.3 is 10.6 Å². The minimum Gasteiger partial charge on any atom is -0.329 e. The third-order valence-electron chi connectivity index (χ3n) is 5.94. The first-order valence-electron chi connectivity index (χ1n) is 10.9. The molecule has 1 saturated heterocycles. The van der Waals surface area contributed by atoms with Crippen LogP contribution in [0.15, 0.2) is 35.3 Å². The highest BCUT2D eigenvalue weighted by Gasteiger charge is 2.29. The Hall–Kier alpha value is -2.34. The fourth-order valence-electron chi connectivity index (χ4n) is 4.36. The monoisotopic (exact) mass is 398 g/mol. The van der Waals surface area contributed by atoms with E-state index in [9.17, 15) is 9.59 Å². The number of unbranched alkanes of at least 4 members (excludes halogenated alkanes) is 5. The number of hydrogen-bond acceptors (Lipinski definition) is 3. The van der Waals surface area contributed by atoms with Gasteiger partial charge in [0, 0.05) is 12.7 Å². The Labute approximate surface area is 173 Å². The molecule has 0 saturated carbocycles. The van der Waals surface area contributed by atoms with Gasteiger partial charge in [0.1, 0.15) is 6.04 Å². The van der Waals surface area contributed by atoms with Crippen LogP contribution in [0.4, 0.5) is 0 Å². The van der Waals surface area contributed by atoms with Crippen molar-refractivity contribution in [2.24, 2.45) is 7.05 Å². The van der Waals surface area contributed by atoms with Crippen molar-refractivity contribution in [3.05, 3.63) is 46.5 Å². The lowest BCUT2D eigenvalue weighted by atomic mass is 10.0. The molecular formula is C23H34N4O2. The zero-order valence-corrected chi connectivity index (χ0v) is 17.8. The summed E-state index contributed by atoms with van der Waals surface area (Å²) >= 11 is 0. The summed E-state index contributed by atoms with van der Waals surface area (Å²) in [5, 5.41) is 5.99. The second-order valence-electron chi connectivity index (χ2n) is 8.12. The maximum atomic E-state index is 13.0. The van der Waals surface area contributed by atoms with E-state index in [-0.39, 0.29) is 11.6 Å². The third kappa shape index (κ3) is 4.81. The minimum atomic E-state index is -0.468. The first kappa shape index (κ1) is 21.4. The molecule has 0 radical (unpaired) electrons. The Kier molecular flexibility index (Phi) is 7.31. The number of aromatic nitrogens is 2. The molecule has 29 heavy (non-hydrogen) atoms. The van der Waals surface area contributed by atoms with Gasteiger partial charge in [0.25, 0.3) is 0 Å². The number of hydrogen-bond donors (Lipinski definition) is 2. The highest BCUT2D eigenvalue weighted by Crippen LogP contribution is 2.27. The summed E-state index contributed by atoms with van der Waals surface area (Å²) in [6.45, 7) is 4.94. The van der Waals surface area contributed by atoms with E-state index in [1.807, 2.05) is 26.2 Å². The molecule has 2 heterocycles. The number of amides is 1.